The van der Waals surface area contributed by atoms with E-state index in [2.05, 4.69) is 58.6 Å². The van der Waals surface area contributed by atoms with Gasteiger partial charge in [-0.15, -0.1) is 0 Å². The Morgan fingerprint density at radius 1 is 1.09 bits per heavy atom. The minimum Gasteiger partial charge on any atom is -0.465 e. The first-order valence-electron chi connectivity index (χ1n) is 12.0. The summed E-state index contributed by atoms with van der Waals surface area (Å²) < 4.78 is 5.72. The van der Waals surface area contributed by atoms with Gasteiger partial charge in [-0.25, -0.2) is 4.79 Å². The fourth-order valence-corrected chi connectivity index (χ4v) is 5.79. The highest BCUT2D eigenvalue weighted by atomic mass is 79.9. The zero-order valence-electron chi connectivity index (χ0n) is 20.6. The number of hydrogen-bond acceptors (Lipinski definition) is 4. The molecule has 0 N–H and O–H groups in total. The summed E-state index contributed by atoms with van der Waals surface area (Å²) in [6.07, 6.45) is 3.51. The average molecular weight is 546 g/mol. The van der Waals surface area contributed by atoms with Crippen molar-refractivity contribution in [2.45, 2.75) is 40.0 Å². The van der Waals surface area contributed by atoms with E-state index in [1.165, 1.54) is 30.4 Å². The highest BCUT2D eigenvalue weighted by molar-refractivity contribution is 9.10. The number of ether oxygens (including phenoxy) is 1. The fraction of sp³-hybridized carbons (Fsp3) is 0.464. The maximum Gasteiger partial charge on any atom is 0.339 e. The highest BCUT2D eigenvalue weighted by Crippen LogP contribution is 2.43. The van der Waals surface area contributed by atoms with Gasteiger partial charge in [-0.3, -0.25) is 4.90 Å². The number of nitrogens with zero attached hydrogens (tertiary/aromatic N) is 2. The van der Waals surface area contributed by atoms with E-state index in [0.29, 0.717) is 11.0 Å². The van der Waals surface area contributed by atoms with Crippen LogP contribution in [0, 0.1) is 12.3 Å². The van der Waals surface area contributed by atoms with Gasteiger partial charge in [0, 0.05) is 47.9 Å². The van der Waals surface area contributed by atoms with Crippen LogP contribution in [0.1, 0.15) is 54.6 Å². The molecule has 0 bridgehead atoms. The quantitative estimate of drug-likeness (QED) is 0.379. The number of rotatable bonds is 5. The van der Waals surface area contributed by atoms with Crippen LogP contribution in [0.5, 0.6) is 0 Å². The SMILES string of the molecule is COC(=O)c1ccc(N2CCN(CC3=C(c4ccc(Cl)cc4)CC(C)(C)CC3)CC2)c(C)c1Br. The topological polar surface area (TPSA) is 32.8 Å². The van der Waals surface area contributed by atoms with E-state index in [-0.39, 0.29) is 5.97 Å². The van der Waals surface area contributed by atoms with Crippen LogP contribution in [-0.2, 0) is 4.74 Å². The predicted octanol–water partition coefficient (Wildman–Crippen LogP) is 6.98. The minimum atomic E-state index is -0.313. The van der Waals surface area contributed by atoms with E-state index < -0.39 is 0 Å². The average Bonchev–Trinajstić information content (AvgIpc) is 2.82. The zero-order chi connectivity index (χ0) is 24.5. The van der Waals surface area contributed by atoms with Crippen molar-refractivity contribution in [3.63, 3.8) is 0 Å². The highest BCUT2D eigenvalue weighted by Gasteiger charge is 2.29. The van der Waals surface area contributed by atoms with Crippen molar-refractivity contribution in [2.75, 3.05) is 44.7 Å². The standard InChI is InChI=1S/C28H34BrClN2O2/c1-19-25(10-9-23(26(19)29)27(33)34-4)32-15-13-31(14-16-32)18-21-11-12-28(2,3)17-24(21)20-5-7-22(30)8-6-20/h5-10H,11-18H2,1-4H3. The van der Waals surface area contributed by atoms with Crippen LogP contribution in [0.25, 0.3) is 5.57 Å². The molecule has 0 atom stereocenters. The molecule has 4 rings (SSSR count). The van der Waals surface area contributed by atoms with Crippen LogP contribution in [0.2, 0.25) is 5.02 Å². The summed E-state index contributed by atoms with van der Waals surface area (Å²) in [6.45, 7) is 11.8. The first-order valence-corrected chi connectivity index (χ1v) is 13.2. The summed E-state index contributed by atoms with van der Waals surface area (Å²) in [6, 6.07) is 12.3. The lowest BCUT2D eigenvalue weighted by molar-refractivity contribution is 0.0599. The molecule has 0 aromatic heterocycles. The molecule has 4 nitrogen and oxygen atoms in total. The Hall–Kier alpha value is -1.82. The molecule has 0 spiro atoms. The van der Waals surface area contributed by atoms with Crippen molar-refractivity contribution in [3.05, 3.63) is 68.2 Å². The molecular weight excluding hydrogens is 512 g/mol. The lowest BCUT2D eigenvalue weighted by atomic mass is 9.72. The largest absolute Gasteiger partial charge is 0.465 e. The van der Waals surface area contributed by atoms with Gasteiger partial charge in [0.2, 0.25) is 0 Å². The van der Waals surface area contributed by atoms with Crippen LogP contribution in [0.3, 0.4) is 0 Å². The summed E-state index contributed by atoms with van der Waals surface area (Å²) in [5, 5.41) is 0.790. The number of allylic oxidation sites excluding steroid dienone is 1. The Labute approximate surface area is 217 Å². The van der Waals surface area contributed by atoms with E-state index in [1.54, 1.807) is 5.57 Å². The van der Waals surface area contributed by atoms with Crippen molar-refractivity contribution >= 4 is 44.8 Å². The third-order valence-electron chi connectivity index (χ3n) is 7.27. The molecule has 2 aromatic carbocycles. The molecule has 0 amide bonds. The van der Waals surface area contributed by atoms with E-state index in [4.69, 9.17) is 16.3 Å². The van der Waals surface area contributed by atoms with E-state index in [9.17, 15) is 4.79 Å². The first-order chi connectivity index (χ1) is 16.2. The van der Waals surface area contributed by atoms with Crippen molar-refractivity contribution in [1.82, 2.24) is 4.90 Å². The lowest BCUT2D eigenvalue weighted by Gasteiger charge is -2.39. The monoisotopic (exact) mass is 544 g/mol. The third-order valence-corrected chi connectivity index (χ3v) is 8.54. The van der Waals surface area contributed by atoms with Crippen molar-refractivity contribution in [2.24, 2.45) is 5.41 Å². The second kappa shape index (κ2) is 10.4. The van der Waals surface area contributed by atoms with Gasteiger partial charge in [0.15, 0.2) is 0 Å². The van der Waals surface area contributed by atoms with Gasteiger partial charge in [-0.2, -0.15) is 0 Å². The molecule has 1 fully saturated rings. The van der Waals surface area contributed by atoms with Gasteiger partial charge >= 0.3 is 5.97 Å². The van der Waals surface area contributed by atoms with Gasteiger partial charge in [-0.1, -0.05) is 43.2 Å². The van der Waals surface area contributed by atoms with Crippen LogP contribution in [0.4, 0.5) is 5.69 Å². The molecule has 1 aliphatic carbocycles. The van der Waals surface area contributed by atoms with Crippen LogP contribution >= 0.6 is 27.5 Å². The number of carbonyl (C=O) groups excluding carboxylic acids is 1. The summed E-state index contributed by atoms with van der Waals surface area (Å²) in [4.78, 5) is 17.0. The maximum absolute atomic E-state index is 12.0. The normalized spacial score (nSPS) is 18.8. The Kier molecular flexibility index (Phi) is 7.75. The molecule has 34 heavy (non-hydrogen) atoms. The van der Waals surface area contributed by atoms with E-state index in [0.717, 1.165) is 60.6 Å². The summed E-state index contributed by atoms with van der Waals surface area (Å²) in [5.41, 5.74) is 7.57. The smallest absolute Gasteiger partial charge is 0.339 e. The number of esters is 1. The molecule has 1 saturated heterocycles. The van der Waals surface area contributed by atoms with Crippen LogP contribution in [0.15, 0.2) is 46.4 Å². The number of methoxy groups -OCH3 is 1. The second-order valence-electron chi connectivity index (χ2n) is 10.3. The molecule has 0 saturated carbocycles. The predicted molar refractivity (Wildman–Crippen MR) is 145 cm³/mol. The van der Waals surface area contributed by atoms with Gasteiger partial charge in [0.25, 0.3) is 0 Å². The molecule has 182 valence electrons. The molecule has 2 aliphatic rings. The Morgan fingerprint density at radius 3 is 2.41 bits per heavy atom. The zero-order valence-corrected chi connectivity index (χ0v) is 22.9. The number of piperazine rings is 1. The van der Waals surface area contributed by atoms with Gasteiger partial charge in [0.1, 0.15) is 0 Å². The fourth-order valence-electron chi connectivity index (χ4n) is 5.17. The Morgan fingerprint density at radius 2 is 1.76 bits per heavy atom. The Bertz CT molecular complexity index is 1090. The number of hydrogen-bond donors (Lipinski definition) is 0. The van der Waals surface area contributed by atoms with Crippen molar-refractivity contribution in [1.29, 1.82) is 0 Å². The Balaban J connectivity index is 1.47. The second-order valence-corrected chi connectivity index (χ2v) is 11.5. The van der Waals surface area contributed by atoms with Gasteiger partial charge < -0.3 is 9.64 Å². The first kappa shape index (κ1) is 25.3. The summed E-state index contributed by atoms with van der Waals surface area (Å²) in [5.74, 6) is -0.313. The van der Waals surface area contributed by atoms with Gasteiger partial charge in [0.05, 0.1) is 12.7 Å². The minimum absolute atomic E-state index is 0.313. The van der Waals surface area contributed by atoms with Crippen molar-refractivity contribution in [3.8, 4) is 0 Å². The number of anilines is 1. The number of benzene rings is 2. The van der Waals surface area contributed by atoms with Crippen LogP contribution in [-0.4, -0.2) is 50.7 Å². The molecule has 1 aliphatic heterocycles. The molecule has 0 unspecified atom stereocenters. The summed E-state index contributed by atoms with van der Waals surface area (Å²) in [7, 11) is 1.42. The maximum atomic E-state index is 12.0. The molecule has 2 aromatic rings. The number of carbonyl (C=O) groups is 1. The molecular formula is C28H34BrClN2O2. The number of halogens is 2. The van der Waals surface area contributed by atoms with Crippen molar-refractivity contribution < 1.29 is 9.53 Å². The van der Waals surface area contributed by atoms with E-state index in [1.807, 2.05) is 24.3 Å². The molecule has 6 heteroatoms. The lowest BCUT2D eigenvalue weighted by Crippen LogP contribution is -2.47. The third kappa shape index (κ3) is 5.53. The van der Waals surface area contributed by atoms with E-state index >= 15 is 0 Å². The summed E-state index contributed by atoms with van der Waals surface area (Å²) >= 11 is 9.77. The van der Waals surface area contributed by atoms with Gasteiger partial charge in [-0.05, 0) is 88.5 Å². The molecule has 1 heterocycles. The molecule has 0 radical (unpaired) electrons. The van der Waals surface area contributed by atoms with Crippen LogP contribution < -0.4 is 4.90 Å².